The fraction of sp³-hybridized carbons (Fsp3) is 0.0833. The molecule has 3 aromatic rings. The van der Waals surface area contributed by atoms with Crippen LogP contribution in [-0.4, -0.2) is 39.6 Å². The normalized spacial score (nSPS) is 13.6. The zero-order valence-corrected chi connectivity index (χ0v) is 19.4. The molecule has 3 amide bonds. The third kappa shape index (κ3) is 4.13. The predicted molar refractivity (Wildman–Crippen MR) is 125 cm³/mol. The Hall–Kier alpha value is -3.19. The van der Waals surface area contributed by atoms with Gasteiger partial charge in [0.1, 0.15) is 6.04 Å². The standard InChI is InChI=1S/C24H15Cl3N2O4/c1-13(21(30)14-6-9-16(25)10-7-14)28(22(31)15-8-11-19(26)20(27)12-15)29-23(32)17-4-2-3-5-18(17)24(29)33/h2-13H,1H3/t13-/m0/s1. The summed E-state index contributed by atoms with van der Waals surface area (Å²) in [4.78, 5) is 53.1. The maximum Gasteiger partial charge on any atom is 0.280 e. The monoisotopic (exact) mass is 500 g/mol. The van der Waals surface area contributed by atoms with E-state index in [0.29, 0.717) is 10.0 Å². The van der Waals surface area contributed by atoms with Gasteiger partial charge in [0.05, 0.1) is 21.2 Å². The van der Waals surface area contributed by atoms with Crippen LogP contribution >= 0.6 is 34.8 Å². The van der Waals surface area contributed by atoms with E-state index >= 15 is 0 Å². The van der Waals surface area contributed by atoms with Crippen LogP contribution < -0.4 is 0 Å². The molecule has 4 rings (SSSR count). The highest BCUT2D eigenvalue weighted by Crippen LogP contribution is 2.29. The summed E-state index contributed by atoms with van der Waals surface area (Å²) in [5.74, 6) is -2.67. The number of fused-ring (bicyclic) bond motifs is 1. The van der Waals surface area contributed by atoms with Gasteiger partial charge < -0.3 is 0 Å². The molecule has 0 radical (unpaired) electrons. The number of hydrogen-bond donors (Lipinski definition) is 0. The third-order valence-corrected chi connectivity index (χ3v) is 6.23. The van der Waals surface area contributed by atoms with E-state index in [9.17, 15) is 19.2 Å². The van der Waals surface area contributed by atoms with Crippen LogP contribution in [0.25, 0.3) is 0 Å². The number of hydrogen-bond acceptors (Lipinski definition) is 4. The second-order valence-electron chi connectivity index (χ2n) is 7.29. The average molecular weight is 502 g/mol. The molecule has 0 aliphatic carbocycles. The fourth-order valence-electron chi connectivity index (χ4n) is 3.54. The van der Waals surface area contributed by atoms with Crippen molar-refractivity contribution in [2.75, 3.05) is 0 Å². The van der Waals surface area contributed by atoms with Crippen molar-refractivity contribution in [1.82, 2.24) is 10.0 Å². The number of Topliss-reactive ketones (excluding diaryl/α,β-unsaturated/α-hetero) is 1. The molecule has 3 aromatic carbocycles. The zero-order valence-electron chi connectivity index (χ0n) is 17.1. The number of hydrazine groups is 1. The lowest BCUT2D eigenvalue weighted by Crippen LogP contribution is -2.56. The number of benzene rings is 3. The minimum atomic E-state index is -1.21. The van der Waals surface area contributed by atoms with Crippen molar-refractivity contribution in [3.05, 3.63) is 104 Å². The van der Waals surface area contributed by atoms with Crippen molar-refractivity contribution in [3.8, 4) is 0 Å². The fourth-order valence-corrected chi connectivity index (χ4v) is 3.96. The van der Waals surface area contributed by atoms with E-state index in [0.717, 1.165) is 5.01 Å². The Kier molecular flexibility index (Phi) is 6.26. The van der Waals surface area contributed by atoms with Crippen molar-refractivity contribution in [1.29, 1.82) is 0 Å². The summed E-state index contributed by atoms with van der Waals surface area (Å²) in [6.45, 7) is 1.44. The van der Waals surface area contributed by atoms with E-state index in [-0.39, 0.29) is 32.3 Å². The van der Waals surface area contributed by atoms with Gasteiger partial charge in [0.2, 0.25) is 0 Å². The number of ketones is 1. The SMILES string of the molecule is C[C@@H](C(=O)c1ccc(Cl)cc1)N(C(=O)c1ccc(Cl)c(Cl)c1)N1C(=O)c2ccccc2C1=O. The van der Waals surface area contributed by atoms with E-state index in [1.165, 1.54) is 61.5 Å². The van der Waals surface area contributed by atoms with Gasteiger partial charge in [0.15, 0.2) is 5.78 Å². The highest BCUT2D eigenvalue weighted by molar-refractivity contribution is 6.42. The summed E-state index contributed by atoms with van der Waals surface area (Å²) in [5, 5.41) is 2.34. The van der Waals surface area contributed by atoms with Gasteiger partial charge in [0.25, 0.3) is 17.7 Å². The first-order valence-electron chi connectivity index (χ1n) is 9.77. The van der Waals surface area contributed by atoms with Crippen LogP contribution in [-0.2, 0) is 0 Å². The molecular formula is C24H15Cl3N2O4. The summed E-state index contributed by atoms with van der Waals surface area (Å²) in [5.41, 5.74) is 0.591. The Balaban J connectivity index is 1.80. The Bertz CT molecular complexity index is 1270. The number of carbonyl (C=O) groups is 4. The Labute approximate surface area is 204 Å². The Morgan fingerprint density at radius 1 is 0.788 bits per heavy atom. The lowest BCUT2D eigenvalue weighted by molar-refractivity contribution is -0.00680. The second-order valence-corrected chi connectivity index (χ2v) is 8.54. The molecule has 166 valence electrons. The first kappa shape index (κ1) is 23.0. The van der Waals surface area contributed by atoms with Crippen LogP contribution in [0.2, 0.25) is 15.1 Å². The minimum Gasteiger partial charge on any atom is -0.292 e. The molecule has 0 saturated heterocycles. The maximum atomic E-state index is 13.6. The summed E-state index contributed by atoms with van der Waals surface area (Å²) in [6.07, 6.45) is 0. The maximum absolute atomic E-state index is 13.6. The van der Waals surface area contributed by atoms with Gasteiger partial charge in [-0.05, 0) is 61.5 Å². The first-order chi connectivity index (χ1) is 15.7. The zero-order chi connectivity index (χ0) is 23.9. The number of nitrogens with zero attached hydrogens (tertiary/aromatic N) is 2. The van der Waals surface area contributed by atoms with Gasteiger partial charge in [-0.15, -0.1) is 0 Å². The van der Waals surface area contributed by atoms with Crippen LogP contribution in [0.4, 0.5) is 0 Å². The van der Waals surface area contributed by atoms with Gasteiger partial charge in [-0.2, -0.15) is 5.01 Å². The van der Waals surface area contributed by atoms with Crippen molar-refractivity contribution in [2.24, 2.45) is 0 Å². The highest BCUT2D eigenvalue weighted by atomic mass is 35.5. The molecule has 1 aliphatic heterocycles. The van der Waals surface area contributed by atoms with E-state index < -0.39 is 29.5 Å². The van der Waals surface area contributed by atoms with Crippen LogP contribution in [0.1, 0.15) is 48.4 Å². The summed E-state index contributed by atoms with van der Waals surface area (Å²) < 4.78 is 0. The lowest BCUT2D eigenvalue weighted by atomic mass is 10.0. The molecule has 1 atom stereocenters. The molecule has 1 heterocycles. The number of carbonyl (C=O) groups excluding carboxylic acids is 4. The molecule has 1 aliphatic rings. The predicted octanol–water partition coefficient (Wildman–Crippen LogP) is 5.57. The number of halogens is 3. The van der Waals surface area contributed by atoms with Crippen LogP contribution in [0, 0.1) is 0 Å². The van der Waals surface area contributed by atoms with Gasteiger partial charge in [0, 0.05) is 16.1 Å². The second kappa shape index (κ2) is 8.98. The molecule has 9 heteroatoms. The van der Waals surface area contributed by atoms with Gasteiger partial charge >= 0.3 is 0 Å². The molecular weight excluding hydrogens is 487 g/mol. The van der Waals surface area contributed by atoms with E-state index in [1.807, 2.05) is 0 Å². The topological polar surface area (TPSA) is 74.8 Å². The van der Waals surface area contributed by atoms with Crippen molar-refractivity contribution < 1.29 is 19.2 Å². The third-order valence-electron chi connectivity index (χ3n) is 5.24. The number of rotatable bonds is 5. The molecule has 0 saturated carbocycles. The van der Waals surface area contributed by atoms with Crippen LogP contribution in [0.15, 0.2) is 66.7 Å². The van der Waals surface area contributed by atoms with Crippen molar-refractivity contribution >= 4 is 58.3 Å². The van der Waals surface area contributed by atoms with Gasteiger partial charge in [-0.25, -0.2) is 5.01 Å². The Morgan fingerprint density at radius 3 is 1.88 bits per heavy atom. The largest absolute Gasteiger partial charge is 0.292 e. The Morgan fingerprint density at radius 2 is 1.33 bits per heavy atom. The van der Waals surface area contributed by atoms with Crippen LogP contribution in [0.3, 0.4) is 0 Å². The number of amides is 3. The molecule has 0 bridgehead atoms. The molecule has 6 nitrogen and oxygen atoms in total. The lowest BCUT2D eigenvalue weighted by Gasteiger charge is -2.34. The molecule has 33 heavy (non-hydrogen) atoms. The van der Waals surface area contributed by atoms with Crippen LogP contribution in [0.5, 0.6) is 0 Å². The van der Waals surface area contributed by atoms with E-state index in [4.69, 9.17) is 34.8 Å². The minimum absolute atomic E-state index is 0.0525. The van der Waals surface area contributed by atoms with E-state index in [1.54, 1.807) is 12.1 Å². The summed E-state index contributed by atoms with van der Waals surface area (Å²) >= 11 is 18.0. The molecule has 0 aromatic heterocycles. The first-order valence-corrected chi connectivity index (χ1v) is 10.9. The van der Waals surface area contributed by atoms with Gasteiger partial charge in [-0.1, -0.05) is 46.9 Å². The van der Waals surface area contributed by atoms with Crippen molar-refractivity contribution in [3.63, 3.8) is 0 Å². The van der Waals surface area contributed by atoms with E-state index in [2.05, 4.69) is 0 Å². The van der Waals surface area contributed by atoms with Gasteiger partial charge in [-0.3, -0.25) is 19.2 Å². The average Bonchev–Trinajstić information content (AvgIpc) is 3.06. The molecule has 0 N–H and O–H groups in total. The number of imide groups is 1. The summed E-state index contributed by atoms with van der Waals surface area (Å²) in [6, 6.07) is 15.2. The summed E-state index contributed by atoms with van der Waals surface area (Å²) in [7, 11) is 0. The highest BCUT2D eigenvalue weighted by Gasteiger charge is 2.44. The molecule has 0 unspecified atom stereocenters. The smallest absolute Gasteiger partial charge is 0.280 e. The van der Waals surface area contributed by atoms with Crippen molar-refractivity contribution in [2.45, 2.75) is 13.0 Å². The quantitative estimate of drug-likeness (QED) is 0.338. The molecule has 0 fully saturated rings. The molecule has 0 spiro atoms.